The average molecular weight is 266 g/mol. The molecule has 0 saturated carbocycles. The van der Waals surface area contributed by atoms with Gasteiger partial charge < -0.3 is 9.73 Å². The Labute approximate surface area is 118 Å². The highest BCUT2D eigenvalue weighted by Gasteiger charge is 2.15. The molecule has 3 aromatic rings. The molecule has 1 aromatic carbocycles. The largest absolute Gasteiger partial charge is 0.459 e. The summed E-state index contributed by atoms with van der Waals surface area (Å²) in [6.07, 6.45) is 2.64. The molecule has 0 aliphatic rings. The zero-order valence-corrected chi connectivity index (χ0v) is 11.8. The summed E-state index contributed by atoms with van der Waals surface area (Å²) in [5.74, 6) is 0.957. The van der Waals surface area contributed by atoms with Gasteiger partial charge in [-0.25, -0.2) is 0 Å². The number of benzene rings is 1. The number of likely N-dealkylation sites (N-methyl/N-ethyl adjacent to an activating group) is 1. The molecule has 0 aliphatic carbocycles. The van der Waals surface area contributed by atoms with E-state index in [-0.39, 0.29) is 6.04 Å². The highest BCUT2D eigenvalue weighted by atomic mass is 16.3. The van der Waals surface area contributed by atoms with Gasteiger partial charge in [0, 0.05) is 23.7 Å². The number of nitrogens with one attached hydrogen (secondary N) is 1. The molecule has 0 aliphatic heterocycles. The van der Waals surface area contributed by atoms with E-state index in [1.54, 1.807) is 0 Å². The maximum absolute atomic E-state index is 5.96. The van der Waals surface area contributed by atoms with E-state index >= 15 is 0 Å². The molecular formula is C17H18N2O. The Kier molecular flexibility index (Phi) is 3.52. The van der Waals surface area contributed by atoms with E-state index in [0.29, 0.717) is 0 Å². The van der Waals surface area contributed by atoms with Crippen LogP contribution in [-0.2, 0) is 6.42 Å². The first-order valence-corrected chi connectivity index (χ1v) is 6.83. The molecule has 2 aromatic heterocycles. The van der Waals surface area contributed by atoms with E-state index in [1.807, 2.05) is 37.5 Å². The number of aromatic nitrogens is 1. The van der Waals surface area contributed by atoms with Crippen LogP contribution in [0.15, 0.2) is 53.1 Å². The van der Waals surface area contributed by atoms with Gasteiger partial charge in [0.05, 0.1) is 6.04 Å². The molecule has 3 rings (SSSR count). The third-order valence-corrected chi connectivity index (χ3v) is 3.52. The molecule has 1 unspecified atom stereocenters. The van der Waals surface area contributed by atoms with E-state index in [0.717, 1.165) is 28.8 Å². The van der Waals surface area contributed by atoms with E-state index in [2.05, 4.69) is 35.4 Å². The topological polar surface area (TPSA) is 38.1 Å². The Bertz CT molecular complexity index is 703. The van der Waals surface area contributed by atoms with Crippen LogP contribution in [-0.4, -0.2) is 12.0 Å². The van der Waals surface area contributed by atoms with E-state index < -0.39 is 0 Å². The fourth-order valence-electron chi connectivity index (χ4n) is 2.43. The van der Waals surface area contributed by atoms with Gasteiger partial charge in [0.15, 0.2) is 0 Å². The van der Waals surface area contributed by atoms with Crippen LogP contribution >= 0.6 is 0 Å². The third kappa shape index (κ3) is 2.58. The maximum Gasteiger partial charge on any atom is 0.134 e. The summed E-state index contributed by atoms with van der Waals surface area (Å²) in [5.41, 5.74) is 3.24. The first-order valence-electron chi connectivity index (χ1n) is 6.83. The minimum atomic E-state index is 0.137. The monoisotopic (exact) mass is 266 g/mol. The second-order valence-electron chi connectivity index (χ2n) is 5.06. The summed E-state index contributed by atoms with van der Waals surface area (Å²) in [5, 5.41) is 4.46. The zero-order chi connectivity index (χ0) is 13.9. The molecule has 1 atom stereocenters. The van der Waals surface area contributed by atoms with Crippen LogP contribution < -0.4 is 5.32 Å². The van der Waals surface area contributed by atoms with Crippen LogP contribution in [0.3, 0.4) is 0 Å². The fraction of sp³-hybridized carbons (Fsp3) is 0.235. The van der Waals surface area contributed by atoms with E-state index in [1.165, 1.54) is 5.56 Å². The average Bonchev–Trinajstić information content (AvgIpc) is 2.88. The molecule has 102 valence electrons. The molecule has 1 N–H and O–H groups in total. The molecule has 0 saturated heterocycles. The number of fused-ring (bicyclic) bond motifs is 1. The standard InChI is InChI=1S/C17H18N2O/c1-12-6-7-16-13(9-12)10-17(20-16)15(18-2)11-14-5-3-4-8-19-14/h3-10,15,18H,11H2,1-2H3. The summed E-state index contributed by atoms with van der Waals surface area (Å²) in [6.45, 7) is 2.09. The van der Waals surface area contributed by atoms with Gasteiger partial charge in [0.1, 0.15) is 11.3 Å². The maximum atomic E-state index is 5.96. The van der Waals surface area contributed by atoms with Crippen molar-refractivity contribution in [1.82, 2.24) is 10.3 Å². The summed E-state index contributed by atoms with van der Waals surface area (Å²) in [7, 11) is 1.95. The molecular weight excluding hydrogens is 248 g/mol. The smallest absolute Gasteiger partial charge is 0.134 e. The lowest BCUT2D eigenvalue weighted by Crippen LogP contribution is -2.18. The Hall–Kier alpha value is -2.13. The van der Waals surface area contributed by atoms with Crippen molar-refractivity contribution in [2.45, 2.75) is 19.4 Å². The molecule has 0 radical (unpaired) electrons. The van der Waals surface area contributed by atoms with Crippen molar-refractivity contribution in [3.05, 3.63) is 65.7 Å². The Morgan fingerprint density at radius 1 is 1.20 bits per heavy atom. The summed E-state index contributed by atoms with van der Waals surface area (Å²) in [4.78, 5) is 4.38. The Morgan fingerprint density at radius 2 is 2.10 bits per heavy atom. The van der Waals surface area contributed by atoms with Crippen molar-refractivity contribution in [2.24, 2.45) is 0 Å². The molecule has 3 heteroatoms. The summed E-state index contributed by atoms with van der Waals surface area (Å²) < 4.78 is 5.96. The van der Waals surface area contributed by atoms with Gasteiger partial charge in [-0.15, -0.1) is 0 Å². The van der Waals surface area contributed by atoms with Crippen molar-refractivity contribution in [1.29, 1.82) is 0 Å². The number of hydrogen-bond acceptors (Lipinski definition) is 3. The second-order valence-corrected chi connectivity index (χ2v) is 5.06. The second kappa shape index (κ2) is 5.47. The van der Waals surface area contributed by atoms with Crippen molar-refractivity contribution in [3.8, 4) is 0 Å². The van der Waals surface area contributed by atoms with Crippen molar-refractivity contribution in [2.75, 3.05) is 7.05 Å². The van der Waals surface area contributed by atoms with Crippen LogP contribution in [0.4, 0.5) is 0 Å². The molecule has 0 amide bonds. The van der Waals surface area contributed by atoms with Crippen LogP contribution in [0.25, 0.3) is 11.0 Å². The number of hydrogen-bond donors (Lipinski definition) is 1. The minimum absolute atomic E-state index is 0.137. The van der Waals surface area contributed by atoms with Crippen LogP contribution in [0.2, 0.25) is 0 Å². The van der Waals surface area contributed by atoms with Crippen LogP contribution in [0.1, 0.15) is 23.1 Å². The first-order chi connectivity index (χ1) is 9.76. The number of pyridine rings is 1. The summed E-state index contributed by atoms with van der Waals surface area (Å²) in [6, 6.07) is 14.5. The number of furan rings is 1. The molecule has 3 nitrogen and oxygen atoms in total. The van der Waals surface area contributed by atoms with Gasteiger partial charge in [-0.2, -0.15) is 0 Å². The fourth-order valence-corrected chi connectivity index (χ4v) is 2.43. The molecule has 2 heterocycles. The quantitative estimate of drug-likeness (QED) is 0.783. The van der Waals surface area contributed by atoms with E-state index in [4.69, 9.17) is 4.42 Å². The minimum Gasteiger partial charge on any atom is -0.459 e. The molecule has 0 fully saturated rings. The first kappa shape index (κ1) is 12.9. The zero-order valence-electron chi connectivity index (χ0n) is 11.8. The van der Waals surface area contributed by atoms with Gasteiger partial charge in [0.25, 0.3) is 0 Å². The third-order valence-electron chi connectivity index (χ3n) is 3.52. The predicted molar refractivity (Wildman–Crippen MR) is 80.7 cm³/mol. The number of rotatable bonds is 4. The highest BCUT2D eigenvalue weighted by Crippen LogP contribution is 2.26. The van der Waals surface area contributed by atoms with Crippen molar-refractivity contribution in [3.63, 3.8) is 0 Å². The Balaban J connectivity index is 1.91. The highest BCUT2D eigenvalue weighted by molar-refractivity contribution is 5.78. The lowest BCUT2D eigenvalue weighted by Gasteiger charge is -2.12. The van der Waals surface area contributed by atoms with Gasteiger partial charge in [-0.05, 0) is 44.3 Å². The molecule has 0 bridgehead atoms. The van der Waals surface area contributed by atoms with Gasteiger partial charge >= 0.3 is 0 Å². The van der Waals surface area contributed by atoms with Gasteiger partial charge in [-0.3, -0.25) is 4.98 Å². The SMILES string of the molecule is CNC(Cc1ccccn1)c1cc2cc(C)ccc2o1. The predicted octanol–water partition coefficient (Wildman–Crippen LogP) is 3.64. The van der Waals surface area contributed by atoms with E-state index in [9.17, 15) is 0 Å². The summed E-state index contributed by atoms with van der Waals surface area (Å²) >= 11 is 0. The lowest BCUT2D eigenvalue weighted by molar-refractivity contribution is 0.448. The lowest BCUT2D eigenvalue weighted by atomic mass is 10.1. The Morgan fingerprint density at radius 3 is 2.85 bits per heavy atom. The van der Waals surface area contributed by atoms with Crippen molar-refractivity contribution >= 4 is 11.0 Å². The number of nitrogens with zero attached hydrogens (tertiary/aromatic N) is 1. The number of aryl methyl sites for hydroxylation is 1. The molecule has 20 heavy (non-hydrogen) atoms. The van der Waals surface area contributed by atoms with Gasteiger partial charge in [0.2, 0.25) is 0 Å². The van der Waals surface area contributed by atoms with Gasteiger partial charge in [-0.1, -0.05) is 17.7 Å². The van der Waals surface area contributed by atoms with Crippen LogP contribution in [0.5, 0.6) is 0 Å². The van der Waals surface area contributed by atoms with Crippen molar-refractivity contribution < 1.29 is 4.42 Å². The molecule has 0 spiro atoms. The van der Waals surface area contributed by atoms with Crippen LogP contribution in [0, 0.1) is 6.92 Å². The normalized spacial score (nSPS) is 12.7.